The summed E-state index contributed by atoms with van der Waals surface area (Å²) < 4.78 is 0. The molecule has 3 saturated carbocycles. The monoisotopic (exact) mass is 515 g/mol. The highest BCUT2D eigenvalue weighted by Gasteiger charge is 2.67. The molecule has 0 heterocycles. The first-order valence-corrected chi connectivity index (χ1v) is 16.4. The minimum absolute atomic E-state index is 0.131. The molecule has 3 fully saturated rings. The molecule has 0 saturated heterocycles. The highest BCUT2D eigenvalue weighted by Crippen LogP contribution is 2.68. The molecule has 0 amide bonds. The third-order valence-electron chi connectivity index (χ3n) is 12.3. The molecule has 3 nitrogen and oxygen atoms in total. The van der Waals surface area contributed by atoms with E-state index in [0.29, 0.717) is 5.92 Å². The van der Waals surface area contributed by atoms with Crippen LogP contribution < -0.4 is 5.32 Å². The van der Waals surface area contributed by atoms with Crippen LogP contribution in [0.15, 0.2) is 11.6 Å². The van der Waals surface area contributed by atoms with Crippen molar-refractivity contribution in [1.29, 1.82) is 0 Å². The number of hydrogen-bond donors (Lipinski definition) is 3. The molecule has 214 valence electrons. The lowest BCUT2D eigenvalue weighted by Gasteiger charge is -2.62. The van der Waals surface area contributed by atoms with Crippen LogP contribution in [0.3, 0.4) is 0 Å². The maximum atomic E-state index is 11.7. The van der Waals surface area contributed by atoms with Crippen LogP contribution in [0.4, 0.5) is 0 Å². The van der Waals surface area contributed by atoms with Crippen molar-refractivity contribution in [2.75, 3.05) is 6.54 Å². The SMILES string of the molecule is CCCCCCCCCCCCN[C@]1(C(C)(C)O)CC[C@H]2[C@@H]3CC=C4C[C@@H](O)CC[C@]4(C)[C@H]3CC[C@@]21C. The zero-order valence-corrected chi connectivity index (χ0v) is 25.2. The van der Waals surface area contributed by atoms with Crippen LogP contribution in [0.2, 0.25) is 0 Å². The number of aliphatic hydroxyl groups excluding tert-OH is 1. The van der Waals surface area contributed by atoms with Gasteiger partial charge in [0.1, 0.15) is 0 Å². The number of aliphatic hydroxyl groups is 2. The quantitative estimate of drug-likeness (QED) is 0.171. The fourth-order valence-electron chi connectivity index (χ4n) is 10.1. The number of rotatable bonds is 13. The van der Waals surface area contributed by atoms with Gasteiger partial charge in [-0.05, 0) is 107 Å². The van der Waals surface area contributed by atoms with E-state index < -0.39 is 5.60 Å². The highest BCUT2D eigenvalue weighted by molar-refractivity contribution is 5.28. The summed E-state index contributed by atoms with van der Waals surface area (Å²) in [6.07, 6.45) is 25.1. The van der Waals surface area contributed by atoms with Gasteiger partial charge in [0.25, 0.3) is 0 Å². The molecule has 0 spiro atoms. The predicted molar refractivity (Wildman–Crippen MR) is 157 cm³/mol. The standard InChI is InChI=1S/C34H61NO2/c1-6-7-8-9-10-11-12-13-14-15-24-35-34(31(2,3)37)23-20-30-28-17-16-26-25-27(36)18-21-32(26,4)29(28)19-22-33(30,34)5/h16,27-30,35-37H,6-15,17-25H2,1-5H3/t27-,28+,29-,30-,32-,33-,34-/m0/s1. The Morgan fingerprint density at radius 3 is 2.14 bits per heavy atom. The molecule has 4 aliphatic rings. The first kappa shape index (κ1) is 29.6. The maximum absolute atomic E-state index is 11.7. The largest absolute Gasteiger partial charge is 0.393 e. The Balaban J connectivity index is 1.35. The van der Waals surface area contributed by atoms with E-state index in [4.69, 9.17) is 0 Å². The molecule has 0 aromatic heterocycles. The first-order chi connectivity index (χ1) is 17.6. The van der Waals surface area contributed by atoms with E-state index in [1.165, 1.54) is 89.9 Å². The molecule has 0 unspecified atom stereocenters. The molecule has 0 aromatic carbocycles. The fraction of sp³-hybridized carbons (Fsp3) is 0.941. The second kappa shape index (κ2) is 12.0. The minimum atomic E-state index is -0.726. The van der Waals surface area contributed by atoms with Crippen LogP contribution in [-0.4, -0.2) is 34.0 Å². The number of nitrogens with one attached hydrogen (secondary N) is 1. The van der Waals surface area contributed by atoms with Crippen molar-refractivity contribution in [1.82, 2.24) is 5.32 Å². The normalized spacial score (nSPS) is 39.6. The zero-order valence-electron chi connectivity index (χ0n) is 25.2. The smallest absolute Gasteiger partial charge is 0.0777 e. The molecule has 3 heteroatoms. The van der Waals surface area contributed by atoms with Crippen molar-refractivity contribution in [3.8, 4) is 0 Å². The lowest BCUT2D eigenvalue weighted by atomic mass is 9.45. The molecule has 3 N–H and O–H groups in total. The van der Waals surface area contributed by atoms with Gasteiger partial charge < -0.3 is 15.5 Å². The van der Waals surface area contributed by atoms with Crippen molar-refractivity contribution >= 4 is 0 Å². The van der Waals surface area contributed by atoms with Gasteiger partial charge in [0.15, 0.2) is 0 Å². The minimum Gasteiger partial charge on any atom is -0.393 e. The Bertz CT molecular complexity index is 770. The summed E-state index contributed by atoms with van der Waals surface area (Å²) in [4.78, 5) is 0. The van der Waals surface area contributed by atoms with Gasteiger partial charge in [-0.25, -0.2) is 0 Å². The average Bonchev–Trinajstić information content (AvgIpc) is 3.16. The summed E-state index contributed by atoms with van der Waals surface area (Å²) in [5.41, 5.74) is 1.06. The Morgan fingerprint density at radius 1 is 0.865 bits per heavy atom. The maximum Gasteiger partial charge on any atom is 0.0777 e. The van der Waals surface area contributed by atoms with Gasteiger partial charge in [0, 0.05) is 0 Å². The molecule has 0 aliphatic heterocycles. The van der Waals surface area contributed by atoms with Crippen LogP contribution in [0.25, 0.3) is 0 Å². The van der Waals surface area contributed by atoms with Crippen LogP contribution in [0.1, 0.15) is 150 Å². The number of allylic oxidation sites excluding steroid dienone is 1. The zero-order chi connectivity index (χ0) is 26.7. The van der Waals surface area contributed by atoms with Crippen LogP contribution >= 0.6 is 0 Å². The van der Waals surface area contributed by atoms with Gasteiger partial charge in [-0.2, -0.15) is 0 Å². The van der Waals surface area contributed by atoms with Crippen molar-refractivity contribution < 1.29 is 10.2 Å². The molecule has 4 rings (SSSR count). The van der Waals surface area contributed by atoms with E-state index in [1.54, 1.807) is 5.57 Å². The van der Waals surface area contributed by atoms with E-state index in [0.717, 1.165) is 44.1 Å². The van der Waals surface area contributed by atoms with Gasteiger partial charge in [0.2, 0.25) is 0 Å². The first-order valence-electron chi connectivity index (χ1n) is 16.4. The van der Waals surface area contributed by atoms with E-state index >= 15 is 0 Å². The predicted octanol–water partition coefficient (Wildman–Crippen LogP) is 8.33. The lowest BCUT2D eigenvalue weighted by Crippen LogP contribution is -2.69. The lowest BCUT2D eigenvalue weighted by molar-refractivity contribution is -0.124. The third kappa shape index (κ3) is 5.62. The molecule has 0 aromatic rings. The number of fused-ring (bicyclic) bond motifs is 5. The second-order valence-electron chi connectivity index (χ2n) is 14.7. The van der Waals surface area contributed by atoms with Crippen LogP contribution in [0, 0.1) is 28.6 Å². The van der Waals surface area contributed by atoms with Crippen LogP contribution in [0.5, 0.6) is 0 Å². The summed E-state index contributed by atoms with van der Waals surface area (Å²) in [6.45, 7) is 12.6. The molecule has 4 aliphatic carbocycles. The van der Waals surface area contributed by atoms with Crippen molar-refractivity contribution in [2.45, 2.75) is 167 Å². The molecule has 0 bridgehead atoms. The summed E-state index contributed by atoms with van der Waals surface area (Å²) in [5.74, 6) is 2.16. The highest BCUT2D eigenvalue weighted by atomic mass is 16.3. The van der Waals surface area contributed by atoms with E-state index in [1.807, 2.05) is 0 Å². The summed E-state index contributed by atoms with van der Waals surface area (Å²) in [5, 5.41) is 26.1. The van der Waals surface area contributed by atoms with Crippen LogP contribution in [-0.2, 0) is 0 Å². The van der Waals surface area contributed by atoms with Crippen molar-refractivity contribution in [2.24, 2.45) is 28.6 Å². The Labute approximate surface area is 229 Å². The van der Waals surface area contributed by atoms with Gasteiger partial charge in [0.05, 0.1) is 17.2 Å². The summed E-state index contributed by atoms with van der Waals surface area (Å²) in [6, 6.07) is 0. The molecule has 0 radical (unpaired) electrons. The van der Waals surface area contributed by atoms with E-state index in [2.05, 4.69) is 46.0 Å². The number of unbranched alkanes of at least 4 members (excludes halogenated alkanes) is 9. The summed E-state index contributed by atoms with van der Waals surface area (Å²) in [7, 11) is 0. The third-order valence-corrected chi connectivity index (χ3v) is 12.3. The fourth-order valence-corrected chi connectivity index (χ4v) is 10.1. The Hall–Kier alpha value is -0.380. The average molecular weight is 516 g/mol. The van der Waals surface area contributed by atoms with Crippen molar-refractivity contribution in [3.05, 3.63) is 11.6 Å². The van der Waals surface area contributed by atoms with E-state index in [-0.39, 0.29) is 22.5 Å². The molecular formula is C34H61NO2. The topological polar surface area (TPSA) is 52.5 Å². The Kier molecular flexibility index (Phi) is 9.61. The molecular weight excluding hydrogens is 454 g/mol. The van der Waals surface area contributed by atoms with Gasteiger partial charge in [-0.3, -0.25) is 0 Å². The van der Waals surface area contributed by atoms with E-state index in [9.17, 15) is 10.2 Å². The summed E-state index contributed by atoms with van der Waals surface area (Å²) >= 11 is 0. The van der Waals surface area contributed by atoms with Gasteiger partial charge >= 0.3 is 0 Å². The molecule has 37 heavy (non-hydrogen) atoms. The van der Waals surface area contributed by atoms with Gasteiger partial charge in [-0.15, -0.1) is 0 Å². The number of hydrogen-bond acceptors (Lipinski definition) is 3. The van der Waals surface area contributed by atoms with Crippen molar-refractivity contribution in [3.63, 3.8) is 0 Å². The second-order valence-corrected chi connectivity index (χ2v) is 14.7. The Morgan fingerprint density at radius 2 is 1.49 bits per heavy atom. The molecule has 7 atom stereocenters. The van der Waals surface area contributed by atoms with Gasteiger partial charge in [-0.1, -0.05) is 90.2 Å².